The minimum absolute atomic E-state index is 0.0162. The summed E-state index contributed by atoms with van der Waals surface area (Å²) >= 11 is 0.858. The van der Waals surface area contributed by atoms with E-state index in [0.29, 0.717) is 0 Å². The van der Waals surface area contributed by atoms with Gasteiger partial charge >= 0.3 is 5.97 Å². The van der Waals surface area contributed by atoms with Crippen molar-refractivity contribution in [3.05, 3.63) is 33.9 Å². The number of primary amides is 1. The summed E-state index contributed by atoms with van der Waals surface area (Å²) in [6.07, 6.45) is 0. The Morgan fingerprint density at radius 2 is 2.00 bits per heavy atom. The second-order valence-electron chi connectivity index (χ2n) is 5.07. The molecule has 4 N–H and O–H groups in total. The third-order valence-electron chi connectivity index (χ3n) is 2.79. The molecule has 10 heteroatoms. The van der Waals surface area contributed by atoms with E-state index >= 15 is 0 Å². The van der Waals surface area contributed by atoms with Crippen molar-refractivity contribution in [3.63, 3.8) is 0 Å². The normalized spacial score (nSPS) is 10.9. The number of nitrogens with two attached hydrogens (primary N) is 1. The number of hydrogen-bond acceptors (Lipinski definition) is 6. The van der Waals surface area contributed by atoms with Crippen molar-refractivity contribution in [3.8, 4) is 0 Å². The highest BCUT2D eigenvalue weighted by Gasteiger charge is 2.29. The summed E-state index contributed by atoms with van der Waals surface area (Å²) in [5, 5.41) is 22.2. The molecule has 0 fully saturated rings. The lowest BCUT2D eigenvalue weighted by atomic mass is 10.1. The molecule has 0 atom stereocenters. The molecular formula is C13H15N3O6S. The fourth-order valence-corrected chi connectivity index (χ4v) is 2.32. The molecule has 0 aliphatic carbocycles. The van der Waals surface area contributed by atoms with Crippen molar-refractivity contribution in [2.75, 3.05) is 5.75 Å². The van der Waals surface area contributed by atoms with Gasteiger partial charge in [-0.25, -0.2) is 4.79 Å². The fraction of sp³-hybridized carbons (Fsp3) is 0.308. The summed E-state index contributed by atoms with van der Waals surface area (Å²) in [4.78, 5) is 44.2. The molecule has 0 heterocycles. The SMILES string of the molecule is CC(C)(NC(=O)CSc1ccc(C(N)=O)cc1[N+](=O)[O-])C(=O)O. The van der Waals surface area contributed by atoms with E-state index in [0.717, 1.165) is 17.8 Å². The third-order valence-corrected chi connectivity index (χ3v) is 3.85. The molecule has 1 aromatic rings. The quantitative estimate of drug-likeness (QED) is 0.376. The van der Waals surface area contributed by atoms with Gasteiger partial charge in [-0.05, 0) is 26.0 Å². The van der Waals surface area contributed by atoms with Crippen molar-refractivity contribution in [2.24, 2.45) is 5.73 Å². The predicted molar refractivity (Wildman–Crippen MR) is 82.2 cm³/mol. The summed E-state index contributed by atoms with van der Waals surface area (Å²) < 4.78 is 0. The number of nitrogens with one attached hydrogen (secondary N) is 1. The van der Waals surface area contributed by atoms with Gasteiger partial charge in [-0.1, -0.05) is 0 Å². The van der Waals surface area contributed by atoms with Gasteiger partial charge in [0.05, 0.1) is 15.6 Å². The second kappa shape index (κ2) is 7.09. The van der Waals surface area contributed by atoms with Gasteiger partial charge in [0.1, 0.15) is 5.54 Å². The van der Waals surface area contributed by atoms with Crippen molar-refractivity contribution in [1.29, 1.82) is 0 Å². The van der Waals surface area contributed by atoms with Crippen LogP contribution in [0.15, 0.2) is 23.1 Å². The highest BCUT2D eigenvalue weighted by molar-refractivity contribution is 8.00. The van der Waals surface area contributed by atoms with E-state index in [1.807, 2.05) is 0 Å². The average molecular weight is 341 g/mol. The first-order chi connectivity index (χ1) is 10.5. The lowest BCUT2D eigenvalue weighted by Gasteiger charge is -2.20. The van der Waals surface area contributed by atoms with E-state index in [1.54, 1.807) is 0 Å². The largest absolute Gasteiger partial charge is 0.480 e. The van der Waals surface area contributed by atoms with Gasteiger partial charge in [0.15, 0.2) is 0 Å². The molecule has 0 aliphatic heterocycles. The molecule has 1 aromatic carbocycles. The Labute approximate surface area is 135 Å². The Bertz CT molecular complexity index is 674. The van der Waals surface area contributed by atoms with E-state index in [2.05, 4.69) is 5.32 Å². The number of carboxylic acids is 1. The van der Waals surface area contributed by atoms with E-state index in [9.17, 15) is 24.5 Å². The van der Waals surface area contributed by atoms with E-state index in [-0.39, 0.29) is 21.9 Å². The van der Waals surface area contributed by atoms with Gasteiger partial charge in [0.2, 0.25) is 11.8 Å². The molecule has 23 heavy (non-hydrogen) atoms. The summed E-state index contributed by atoms with van der Waals surface area (Å²) in [5.41, 5.74) is 3.25. The van der Waals surface area contributed by atoms with Gasteiger partial charge in [-0.3, -0.25) is 19.7 Å². The minimum Gasteiger partial charge on any atom is -0.480 e. The van der Waals surface area contributed by atoms with Crippen LogP contribution in [-0.4, -0.2) is 39.1 Å². The molecule has 0 spiro atoms. The van der Waals surface area contributed by atoms with E-state index in [4.69, 9.17) is 10.8 Å². The molecule has 9 nitrogen and oxygen atoms in total. The molecule has 0 aliphatic rings. The van der Waals surface area contributed by atoms with Crippen LogP contribution < -0.4 is 11.1 Å². The number of amides is 2. The van der Waals surface area contributed by atoms with Gasteiger partial charge in [-0.2, -0.15) is 0 Å². The van der Waals surface area contributed by atoms with Gasteiger partial charge in [0.25, 0.3) is 5.69 Å². The Hall–Kier alpha value is -2.62. The fourth-order valence-electron chi connectivity index (χ4n) is 1.52. The van der Waals surface area contributed by atoms with Crippen LogP contribution in [0.5, 0.6) is 0 Å². The molecule has 0 unspecified atom stereocenters. The molecular weight excluding hydrogens is 326 g/mol. The number of benzene rings is 1. The highest BCUT2D eigenvalue weighted by atomic mass is 32.2. The Balaban J connectivity index is 2.85. The minimum atomic E-state index is -1.45. The van der Waals surface area contributed by atoms with E-state index < -0.39 is 28.2 Å². The Morgan fingerprint density at radius 1 is 1.39 bits per heavy atom. The molecule has 124 valence electrons. The summed E-state index contributed by atoms with van der Waals surface area (Å²) in [7, 11) is 0. The number of nitro benzene ring substituents is 1. The van der Waals surface area contributed by atoms with Crippen LogP contribution in [-0.2, 0) is 9.59 Å². The molecule has 0 radical (unpaired) electrons. The van der Waals surface area contributed by atoms with Crippen LogP contribution in [0.25, 0.3) is 0 Å². The highest BCUT2D eigenvalue weighted by Crippen LogP contribution is 2.30. The van der Waals surface area contributed by atoms with Gasteiger partial charge < -0.3 is 16.2 Å². The topological polar surface area (TPSA) is 153 Å². The maximum Gasteiger partial charge on any atom is 0.328 e. The van der Waals surface area contributed by atoms with Crippen LogP contribution in [0.3, 0.4) is 0 Å². The first-order valence-corrected chi connectivity index (χ1v) is 7.28. The van der Waals surface area contributed by atoms with Crippen LogP contribution in [0.1, 0.15) is 24.2 Å². The number of carboxylic acid groups (broad SMARTS) is 1. The predicted octanol–water partition coefficient (Wildman–Crippen LogP) is 0.765. The van der Waals surface area contributed by atoms with Gasteiger partial charge in [0, 0.05) is 11.6 Å². The maximum absolute atomic E-state index is 11.8. The first-order valence-electron chi connectivity index (χ1n) is 6.30. The molecule has 0 bridgehead atoms. The van der Waals surface area contributed by atoms with Crippen LogP contribution in [0, 0.1) is 10.1 Å². The zero-order chi connectivity index (χ0) is 17.8. The number of aliphatic carboxylic acids is 1. The van der Waals surface area contributed by atoms with Crippen molar-refractivity contribution in [2.45, 2.75) is 24.3 Å². The Morgan fingerprint density at radius 3 is 2.48 bits per heavy atom. The van der Waals surface area contributed by atoms with Crippen LogP contribution in [0.4, 0.5) is 5.69 Å². The second-order valence-corrected chi connectivity index (χ2v) is 6.09. The van der Waals surface area contributed by atoms with Gasteiger partial charge in [-0.15, -0.1) is 11.8 Å². The number of rotatable bonds is 7. The summed E-state index contributed by atoms with van der Waals surface area (Å²) in [5.74, 6) is -2.80. The monoisotopic (exact) mass is 341 g/mol. The average Bonchev–Trinajstić information content (AvgIpc) is 2.43. The number of nitro groups is 1. The molecule has 0 aromatic heterocycles. The summed E-state index contributed by atoms with van der Waals surface area (Å²) in [6.45, 7) is 2.64. The van der Waals surface area contributed by atoms with Crippen molar-refractivity contribution < 1.29 is 24.4 Å². The Kier molecular flexibility index (Phi) is 5.68. The number of thioether (sulfide) groups is 1. The van der Waals surface area contributed by atoms with Crippen LogP contribution in [0.2, 0.25) is 0 Å². The summed E-state index contributed by atoms with van der Waals surface area (Å²) in [6, 6.07) is 3.67. The van der Waals surface area contributed by atoms with E-state index in [1.165, 1.54) is 26.0 Å². The molecule has 1 rings (SSSR count). The first kappa shape index (κ1) is 18.4. The maximum atomic E-state index is 11.8. The van der Waals surface area contributed by atoms with Crippen molar-refractivity contribution >= 4 is 35.2 Å². The lowest BCUT2D eigenvalue weighted by Crippen LogP contribution is -2.50. The smallest absolute Gasteiger partial charge is 0.328 e. The number of carbonyl (C=O) groups excluding carboxylic acids is 2. The molecule has 0 saturated carbocycles. The third kappa shape index (κ3) is 4.95. The molecule has 2 amide bonds. The molecule has 0 saturated heterocycles. The van der Waals surface area contributed by atoms with Crippen molar-refractivity contribution in [1.82, 2.24) is 5.32 Å². The zero-order valence-electron chi connectivity index (χ0n) is 12.4. The lowest BCUT2D eigenvalue weighted by molar-refractivity contribution is -0.387. The zero-order valence-corrected chi connectivity index (χ0v) is 13.2. The number of carbonyl (C=O) groups is 3. The van der Waals surface area contributed by atoms with Crippen LogP contribution >= 0.6 is 11.8 Å². The number of nitrogens with zero attached hydrogens (tertiary/aromatic N) is 1. The number of hydrogen-bond donors (Lipinski definition) is 3. The standard InChI is InChI=1S/C13H15N3O6S/c1-13(2,12(19)20)15-10(17)6-23-9-4-3-7(11(14)18)5-8(9)16(21)22/h3-5H,6H2,1-2H3,(H2,14,18)(H,15,17)(H,19,20).